The highest BCUT2D eigenvalue weighted by atomic mass is 32.2. The highest BCUT2D eigenvalue weighted by Crippen LogP contribution is 2.18. The van der Waals surface area contributed by atoms with Crippen LogP contribution < -0.4 is 10.3 Å². The Morgan fingerprint density at radius 3 is 2.41 bits per heavy atom. The minimum Gasteiger partial charge on any atom is -0.379 e. The second-order valence-corrected chi connectivity index (χ2v) is 9.45. The normalized spacial score (nSPS) is 16.4. The number of aryl methyl sites for hydroxylation is 2. The van der Waals surface area contributed by atoms with Crippen molar-refractivity contribution in [3.05, 3.63) is 29.7 Å². The zero-order chi connectivity index (χ0) is 19.7. The highest BCUT2D eigenvalue weighted by molar-refractivity contribution is 7.89. The fourth-order valence-electron chi connectivity index (χ4n) is 2.65. The third kappa shape index (κ3) is 4.11. The number of sulfonamides is 2. The summed E-state index contributed by atoms with van der Waals surface area (Å²) in [4.78, 5) is 6.24. The molecular formula is C14H20N6O5S2. The molecule has 3 rings (SSSR count). The lowest BCUT2D eigenvalue weighted by atomic mass is 10.4. The van der Waals surface area contributed by atoms with Gasteiger partial charge in [-0.1, -0.05) is 0 Å². The molecule has 0 bridgehead atoms. The topological polar surface area (TPSA) is 146 Å². The molecule has 0 unspecified atom stereocenters. The van der Waals surface area contributed by atoms with Crippen molar-refractivity contribution in [2.75, 3.05) is 31.7 Å². The number of aromatic nitrogens is 3. The summed E-state index contributed by atoms with van der Waals surface area (Å²) in [5, 5.41) is 6.46. The van der Waals surface area contributed by atoms with Gasteiger partial charge in [0.25, 0.3) is 10.0 Å². The van der Waals surface area contributed by atoms with Gasteiger partial charge < -0.3 is 4.74 Å². The van der Waals surface area contributed by atoms with Gasteiger partial charge in [0.05, 0.1) is 24.6 Å². The van der Waals surface area contributed by atoms with E-state index in [0.29, 0.717) is 24.6 Å². The monoisotopic (exact) mass is 416 g/mol. The van der Waals surface area contributed by atoms with E-state index in [4.69, 9.17) is 4.74 Å². The molecule has 2 aromatic heterocycles. The van der Waals surface area contributed by atoms with Crippen LogP contribution in [0, 0.1) is 13.8 Å². The maximum Gasteiger partial charge on any atom is 0.261 e. The number of rotatable bonds is 6. The molecule has 0 radical (unpaired) electrons. The SMILES string of the molecule is Cc1n[nH]c(C)c1S(=O)(=O)NNc1ccc(S(=O)(=O)N2CCOCC2)cn1. The first-order valence-corrected chi connectivity index (χ1v) is 11.0. The predicted octanol–water partition coefficient (Wildman–Crippen LogP) is -0.252. The van der Waals surface area contributed by atoms with Gasteiger partial charge in [0.2, 0.25) is 10.0 Å². The average Bonchev–Trinajstić information content (AvgIpc) is 3.00. The molecule has 0 atom stereocenters. The van der Waals surface area contributed by atoms with Crippen LogP contribution in [0.1, 0.15) is 11.4 Å². The standard InChI is InChI=1S/C14H20N6O5S2/c1-10-14(11(2)17-16-10)26(21,22)19-18-13-4-3-12(9-15-13)27(23,24)20-5-7-25-8-6-20/h3-4,9,19H,5-8H2,1-2H3,(H,15,18)(H,16,17). The van der Waals surface area contributed by atoms with Gasteiger partial charge in [-0.05, 0) is 26.0 Å². The Balaban J connectivity index is 1.71. The average molecular weight is 416 g/mol. The van der Waals surface area contributed by atoms with Crippen molar-refractivity contribution in [3.63, 3.8) is 0 Å². The van der Waals surface area contributed by atoms with Gasteiger partial charge in [-0.15, -0.1) is 4.83 Å². The number of hydrazine groups is 1. The fourth-order valence-corrected chi connectivity index (χ4v) is 5.23. The number of hydrogen-bond acceptors (Lipinski definition) is 8. The summed E-state index contributed by atoms with van der Waals surface area (Å²) >= 11 is 0. The summed E-state index contributed by atoms with van der Waals surface area (Å²) in [6.45, 7) is 4.43. The summed E-state index contributed by atoms with van der Waals surface area (Å²) in [6.07, 6.45) is 1.18. The van der Waals surface area contributed by atoms with Crippen LogP contribution in [0.2, 0.25) is 0 Å². The summed E-state index contributed by atoms with van der Waals surface area (Å²) < 4.78 is 56.3. The largest absolute Gasteiger partial charge is 0.379 e. The number of morpholine rings is 1. The zero-order valence-electron chi connectivity index (χ0n) is 14.8. The second kappa shape index (κ2) is 7.52. The Bertz CT molecular complexity index is 991. The molecule has 11 nitrogen and oxygen atoms in total. The van der Waals surface area contributed by atoms with Gasteiger partial charge in [-0.25, -0.2) is 21.8 Å². The van der Waals surface area contributed by atoms with Crippen molar-refractivity contribution in [1.29, 1.82) is 0 Å². The number of pyridine rings is 1. The van der Waals surface area contributed by atoms with Crippen molar-refractivity contribution in [3.8, 4) is 0 Å². The Morgan fingerprint density at radius 1 is 1.15 bits per heavy atom. The minimum atomic E-state index is -3.87. The van der Waals surface area contributed by atoms with Crippen LogP contribution in [0.25, 0.3) is 0 Å². The molecule has 0 aromatic carbocycles. The van der Waals surface area contributed by atoms with Crippen molar-refractivity contribution in [2.45, 2.75) is 23.6 Å². The fraction of sp³-hybridized carbons (Fsp3) is 0.429. The van der Waals surface area contributed by atoms with E-state index < -0.39 is 20.0 Å². The van der Waals surface area contributed by atoms with E-state index in [2.05, 4.69) is 25.4 Å². The molecule has 1 aliphatic rings. The lowest BCUT2D eigenvalue weighted by Gasteiger charge is -2.25. The van der Waals surface area contributed by atoms with E-state index in [1.807, 2.05) is 0 Å². The summed E-state index contributed by atoms with van der Waals surface area (Å²) in [7, 11) is -7.52. The number of ether oxygens (including phenoxy) is 1. The van der Waals surface area contributed by atoms with Crippen LogP contribution >= 0.6 is 0 Å². The summed E-state index contributed by atoms with van der Waals surface area (Å²) in [6, 6.07) is 2.74. The molecule has 0 amide bonds. The Kier molecular flexibility index (Phi) is 5.48. The van der Waals surface area contributed by atoms with Crippen LogP contribution in [0.15, 0.2) is 28.1 Å². The third-order valence-corrected chi connectivity index (χ3v) is 7.38. The lowest BCUT2D eigenvalue weighted by molar-refractivity contribution is 0.0730. The number of anilines is 1. The van der Waals surface area contributed by atoms with Crippen LogP contribution in [0.3, 0.4) is 0 Å². The highest BCUT2D eigenvalue weighted by Gasteiger charge is 2.27. The van der Waals surface area contributed by atoms with E-state index in [0.717, 1.165) is 0 Å². The van der Waals surface area contributed by atoms with Crippen LogP contribution in [0.5, 0.6) is 0 Å². The molecular weight excluding hydrogens is 396 g/mol. The molecule has 27 heavy (non-hydrogen) atoms. The lowest BCUT2D eigenvalue weighted by Crippen LogP contribution is -2.40. The molecule has 3 N–H and O–H groups in total. The molecule has 2 aromatic rings. The molecule has 0 spiro atoms. The summed E-state index contributed by atoms with van der Waals surface area (Å²) in [5.41, 5.74) is 3.21. The quantitative estimate of drug-likeness (QED) is 0.546. The van der Waals surface area contributed by atoms with Crippen LogP contribution in [-0.4, -0.2) is 62.6 Å². The Labute approximate surface area is 157 Å². The molecule has 148 valence electrons. The Morgan fingerprint density at radius 2 is 1.85 bits per heavy atom. The third-order valence-electron chi connectivity index (χ3n) is 3.99. The van der Waals surface area contributed by atoms with E-state index in [9.17, 15) is 16.8 Å². The Hall–Kier alpha value is -2.06. The number of nitrogens with one attached hydrogen (secondary N) is 3. The van der Waals surface area contributed by atoms with Crippen LogP contribution in [0.4, 0.5) is 5.82 Å². The number of hydrogen-bond donors (Lipinski definition) is 3. The number of H-pyrrole nitrogens is 1. The molecule has 0 aliphatic carbocycles. The molecule has 1 fully saturated rings. The first-order chi connectivity index (χ1) is 12.7. The van der Waals surface area contributed by atoms with E-state index in [1.54, 1.807) is 13.8 Å². The van der Waals surface area contributed by atoms with Crippen LogP contribution in [-0.2, 0) is 24.8 Å². The molecule has 13 heteroatoms. The van der Waals surface area contributed by atoms with Gasteiger partial charge in [0.1, 0.15) is 15.6 Å². The van der Waals surface area contributed by atoms with Gasteiger partial charge >= 0.3 is 0 Å². The molecule has 1 aliphatic heterocycles. The summed E-state index contributed by atoms with van der Waals surface area (Å²) in [5.74, 6) is 0.151. The van der Waals surface area contributed by atoms with Gasteiger partial charge in [-0.3, -0.25) is 10.5 Å². The van der Waals surface area contributed by atoms with E-state index in [1.165, 1.54) is 22.6 Å². The first kappa shape index (κ1) is 19.7. The van der Waals surface area contributed by atoms with E-state index in [-0.39, 0.29) is 28.7 Å². The molecule has 3 heterocycles. The van der Waals surface area contributed by atoms with Crippen molar-refractivity contribution < 1.29 is 21.6 Å². The molecule has 1 saturated heterocycles. The zero-order valence-corrected chi connectivity index (χ0v) is 16.4. The van der Waals surface area contributed by atoms with E-state index >= 15 is 0 Å². The van der Waals surface area contributed by atoms with Gasteiger partial charge in [0, 0.05) is 19.3 Å². The smallest absolute Gasteiger partial charge is 0.261 e. The number of nitrogens with zero attached hydrogens (tertiary/aromatic N) is 3. The maximum atomic E-state index is 12.5. The second-order valence-electron chi connectivity index (χ2n) is 5.89. The van der Waals surface area contributed by atoms with Crippen molar-refractivity contribution in [2.24, 2.45) is 0 Å². The predicted molar refractivity (Wildman–Crippen MR) is 95.8 cm³/mol. The number of aromatic amines is 1. The maximum absolute atomic E-state index is 12.5. The first-order valence-electron chi connectivity index (χ1n) is 8.05. The minimum absolute atomic E-state index is 0.0272. The van der Waals surface area contributed by atoms with Crippen molar-refractivity contribution in [1.82, 2.24) is 24.3 Å². The van der Waals surface area contributed by atoms with Gasteiger partial charge in [-0.2, -0.15) is 9.40 Å². The van der Waals surface area contributed by atoms with Crippen molar-refractivity contribution >= 4 is 25.9 Å². The molecule has 0 saturated carbocycles. The van der Waals surface area contributed by atoms with Gasteiger partial charge in [0.15, 0.2) is 0 Å².